The summed E-state index contributed by atoms with van der Waals surface area (Å²) in [5, 5.41) is 0. The van der Waals surface area contributed by atoms with Gasteiger partial charge in [0.15, 0.2) is 0 Å². The Kier molecular flexibility index (Phi) is 5.71. The molecule has 0 aliphatic carbocycles. The molecule has 0 bridgehead atoms. The SMILES string of the molecule is COc1ccc2c(c1)CCN1C[C@@H]3CCCN(S(=O)(=O)CC(C)CN)[C@@H]3C[C@@H]21. The van der Waals surface area contributed by atoms with Gasteiger partial charge < -0.3 is 10.5 Å². The molecule has 0 spiro atoms. The Morgan fingerprint density at radius 3 is 2.89 bits per heavy atom. The van der Waals surface area contributed by atoms with Crippen molar-refractivity contribution in [2.45, 2.75) is 44.7 Å². The zero-order valence-electron chi connectivity index (χ0n) is 17.0. The van der Waals surface area contributed by atoms with Crippen LogP contribution >= 0.6 is 0 Å². The molecule has 0 saturated carbocycles. The Labute approximate surface area is 169 Å². The molecule has 1 aromatic rings. The van der Waals surface area contributed by atoms with Crippen molar-refractivity contribution in [3.8, 4) is 5.75 Å². The minimum absolute atomic E-state index is 0.00617. The first-order valence-electron chi connectivity index (χ1n) is 10.5. The van der Waals surface area contributed by atoms with Gasteiger partial charge in [-0.25, -0.2) is 8.42 Å². The highest BCUT2D eigenvalue weighted by molar-refractivity contribution is 7.89. The summed E-state index contributed by atoms with van der Waals surface area (Å²) in [6.07, 6.45) is 4.02. The smallest absolute Gasteiger partial charge is 0.214 e. The van der Waals surface area contributed by atoms with Crippen LogP contribution in [0.3, 0.4) is 0 Å². The number of hydrogen-bond donors (Lipinski definition) is 1. The fraction of sp³-hybridized carbons (Fsp3) is 0.714. The number of ether oxygens (including phenoxy) is 1. The zero-order chi connectivity index (χ0) is 19.9. The van der Waals surface area contributed by atoms with E-state index in [0.29, 0.717) is 25.0 Å². The van der Waals surface area contributed by atoms with Crippen molar-refractivity contribution in [2.24, 2.45) is 17.6 Å². The molecule has 0 amide bonds. The quantitative estimate of drug-likeness (QED) is 0.808. The molecule has 28 heavy (non-hydrogen) atoms. The zero-order valence-corrected chi connectivity index (χ0v) is 17.8. The average molecular weight is 408 g/mol. The number of piperidine rings is 2. The first-order valence-corrected chi connectivity index (χ1v) is 12.1. The number of hydrogen-bond acceptors (Lipinski definition) is 5. The Balaban J connectivity index is 1.60. The van der Waals surface area contributed by atoms with Crippen LogP contribution in [0.4, 0.5) is 0 Å². The third-order valence-corrected chi connectivity index (χ3v) is 9.03. The van der Waals surface area contributed by atoms with E-state index >= 15 is 0 Å². The fourth-order valence-electron chi connectivity index (χ4n) is 5.39. The van der Waals surface area contributed by atoms with Crippen molar-refractivity contribution in [1.82, 2.24) is 9.21 Å². The summed E-state index contributed by atoms with van der Waals surface area (Å²) in [7, 11) is -1.57. The summed E-state index contributed by atoms with van der Waals surface area (Å²) >= 11 is 0. The van der Waals surface area contributed by atoms with Gasteiger partial charge in [0.2, 0.25) is 10.0 Å². The number of sulfonamides is 1. The maximum absolute atomic E-state index is 13.1. The van der Waals surface area contributed by atoms with E-state index in [-0.39, 0.29) is 17.7 Å². The highest BCUT2D eigenvalue weighted by atomic mass is 32.2. The molecule has 4 rings (SSSR count). The van der Waals surface area contributed by atoms with E-state index in [9.17, 15) is 8.42 Å². The Hall–Kier alpha value is -1.15. The number of nitrogens with two attached hydrogens (primary N) is 1. The molecule has 3 aliphatic heterocycles. The van der Waals surface area contributed by atoms with Crippen molar-refractivity contribution >= 4 is 10.0 Å². The Bertz CT molecular complexity index is 813. The van der Waals surface area contributed by atoms with Crippen molar-refractivity contribution < 1.29 is 13.2 Å². The van der Waals surface area contributed by atoms with E-state index in [2.05, 4.69) is 17.0 Å². The number of benzene rings is 1. The van der Waals surface area contributed by atoms with Gasteiger partial charge in [0.1, 0.15) is 5.75 Å². The molecule has 2 N–H and O–H groups in total. The van der Waals surface area contributed by atoms with E-state index in [1.165, 1.54) is 11.1 Å². The molecule has 1 aromatic carbocycles. The summed E-state index contributed by atoms with van der Waals surface area (Å²) in [6, 6.07) is 6.78. The van der Waals surface area contributed by atoms with E-state index in [0.717, 1.165) is 44.5 Å². The van der Waals surface area contributed by atoms with Gasteiger partial charge in [0.05, 0.1) is 12.9 Å². The second kappa shape index (κ2) is 7.94. The summed E-state index contributed by atoms with van der Waals surface area (Å²) in [4.78, 5) is 2.58. The highest BCUT2D eigenvalue weighted by Crippen LogP contribution is 2.44. The van der Waals surface area contributed by atoms with Gasteiger partial charge in [-0.15, -0.1) is 0 Å². The normalized spacial score (nSPS) is 29.5. The lowest BCUT2D eigenvalue weighted by molar-refractivity contribution is 0.0218. The molecule has 7 heteroatoms. The van der Waals surface area contributed by atoms with Crippen LogP contribution in [0, 0.1) is 11.8 Å². The standard InChI is InChI=1S/C21H33N3O3S/c1-15(12-22)14-28(25,26)24-8-3-4-17-13-23-9-7-16-10-18(27-2)5-6-19(16)21(23)11-20(17)24/h5-6,10,15,17,20-21H,3-4,7-9,11-14,22H2,1-2H3/t15?,17-,20+,21-/m0/s1. The predicted molar refractivity (Wildman–Crippen MR) is 111 cm³/mol. The molecule has 0 aromatic heterocycles. The molecule has 1 unspecified atom stereocenters. The van der Waals surface area contributed by atoms with Crippen molar-refractivity contribution in [2.75, 3.05) is 39.0 Å². The number of fused-ring (bicyclic) bond motifs is 4. The van der Waals surface area contributed by atoms with Crippen LogP contribution in [-0.2, 0) is 16.4 Å². The number of methoxy groups -OCH3 is 1. The van der Waals surface area contributed by atoms with Crippen LogP contribution in [0.2, 0.25) is 0 Å². The molecule has 3 aliphatic rings. The van der Waals surface area contributed by atoms with Crippen LogP contribution in [0.1, 0.15) is 43.4 Å². The molecular formula is C21H33N3O3S. The molecule has 3 heterocycles. The monoisotopic (exact) mass is 407 g/mol. The molecule has 2 fully saturated rings. The lowest BCUT2D eigenvalue weighted by Gasteiger charge is -2.51. The van der Waals surface area contributed by atoms with Crippen molar-refractivity contribution in [1.29, 1.82) is 0 Å². The molecule has 4 atom stereocenters. The van der Waals surface area contributed by atoms with Gasteiger partial charge in [0.25, 0.3) is 0 Å². The summed E-state index contributed by atoms with van der Waals surface area (Å²) in [6.45, 7) is 5.03. The first-order chi connectivity index (χ1) is 13.4. The second-order valence-electron chi connectivity index (χ2n) is 8.76. The van der Waals surface area contributed by atoms with Gasteiger partial charge >= 0.3 is 0 Å². The summed E-state index contributed by atoms with van der Waals surface area (Å²) in [5.74, 6) is 1.49. The average Bonchev–Trinajstić information content (AvgIpc) is 2.70. The fourth-order valence-corrected chi connectivity index (χ4v) is 7.51. The van der Waals surface area contributed by atoms with Gasteiger partial charge in [-0.2, -0.15) is 4.31 Å². The molecular weight excluding hydrogens is 374 g/mol. The van der Waals surface area contributed by atoms with Gasteiger partial charge in [-0.05, 0) is 67.3 Å². The predicted octanol–water partition coefficient (Wildman–Crippen LogP) is 2.00. The Morgan fingerprint density at radius 1 is 1.32 bits per heavy atom. The van der Waals surface area contributed by atoms with Gasteiger partial charge in [0, 0.05) is 31.7 Å². The minimum Gasteiger partial charge on any atom is -0.497 e. The second-order valence-corrected chi connectivity index (χ2v) is 10.7. The maximum Gasteiger partial charge on any atom is 0.214 e. The first kappa shape index (κ1) is 20.1. The lowest BCUT2D eigenvalue weighted by atomic mass is 9.77. The summed E-state index contributed by atoms with van der Waals surface area (Å²) < 4.78 is 33.5. The Morgan fingerprint density at radius 2 is 2.14 bits per heavy atom. The van der Waals surface area contributed by atoms with Crippen LogP contribution in [0.5, 0.6) is 5.75 Å². The van der Waals surface area contributed by atoms with Crippen molar-refractivity contribution in [3.63, 3.8) is 0 Å². The van der Waals surface area contributed by atoms with E-state index in [1.807, 2.05) is 17.3 Å². The molecule has 156 valence electrons. The van der Waals surface area contributed by atoms with Crippen LogP contribution in [0.25, 0.3) is 0 Å². The van der Waals surface area contributed by atoms with E-state index < -0.39 is 10.0 Å². The third-order valence-electron chi connectivity index (χ3n) is 6.87. The van der Waals surface area contributed by atoms with Crippen LogP contribution < -0.4 is 10.5 Å². The van der Waals surface area contributed by atoms with Gasteiger partial charge in [-0.3, -0.25) is 4.90 Å². The minimum atomic E-state index is -3.28. The maximum atomic E-state index is 13.1. The molecule has 2 saturated heterocycles. The third kappa shape index (κ3) is 3.70. The molecule has 6 nitrogen and oxygen atoms in total. The van der Waals surface area contributed by atoms with Gasteiger partial charge in [-0.1, -0.05) is 13.0 Å². The number of rotatable bonds is 5. The van der Waals surface area contributed by atoms with Crippen LogP contribution in [0.15, 0.2) is 18.2 Å². The van der Waals surface area contributed by atoms with E-state index in [1.54, 1.807) is 7.11 Å². The van der Waals surface area contributed by atoms with Crippen LogP contribution in [-0.4, -0.2) is 62.7 Å². The lowest BCUT2D eigenvalue weighted by Crippen LogP contribution is -2.58. The highest BCUT2D eigenvalue weighted by Gasteiger charge is 2.45. The number of nitrogens with zero attached hydrogens (tertiary/aromatic N) is 2. The van der Waals surface area contributed by atoms with E-state index in [4.69, 9.17) is 10.5 Å². The summed E-state index contributed by atoms with van der Waals surface area (Å²) in [5.41, 5.74) is 8.40. The molecule has 0 radical (unpaired) electrons. The largest absolute Gasteiger partial charge is 0.497 e. The van der Waals surface area contributed by atoms with Crippen molar-refractivity contribution in [3.05, 3.63) is 29.3 Å². The topological polar surface area (TPSA) is 75.9 Å².